The summed E-state index contributed by atoms with van der Waals surface area (Å²) >= 11 is 0. The second-order valence-corrected chi connectivity index (χ2v) is 3.24. The van der Waals surface area contributed by atoms with Gasteiger partial charge in [0.2, 0.25) is 0 Å². The van der Waals surface area contributed by atoms with E-state index in [4.69, 9.17) is 9.47 Å². The Kier molecular flexibility index (Phi) is 7.24. The Bertz CT molecular complexity index is 229. The number of amides is 1. The Labute approximate surface area is 100 Å². The average Bonchev–Trinajstić information content (AvgIpc) is 2.38. The monoisotopic (exact) mass is 249 g/mol. The average molecular weight is 249 g/mol. The van der Waals surface area contributed by atoms with Crippen LogP contribution in [0.15, 0.2) is 0 Å². The van der Waals surface area contributed by atoms with Crippen LogP contribution in [0.3, 0.4) is 0 Å². The highest BCUT2D eigenvalue weighted by molar-refractivity contribution is 5.69. The highest BCUT2D eigenvalue weighted by Crippen LogP contribution is 2.18. The molecule has 0 atom stereocenters. The first kappa shape index (κ1) is 15.7. The predicted octanol–water partition coefficient (Wildman–Crippen LogP) is 0.285. The highest BCUT2D eigenvalue weighted by Gasteiger charge is 2.31. The fraction of sp³-hybridized carbons (Fsp3) is 0.800. The molecule has 0 aromatic rings. The molecule has 7 nitrogen and oxygen atoms in total. The molecule has 0 aromatic heterocycles. The van der Waals surface area contributed by atoms with Gasteiger partial charge in [-0.2, -0.15) is 0 Å². The molecule has 1 N–H and O–H groups in total. The fourth-order valence-corrected chi connectivity index (χ4v) is 1.19. The Hall–Kier alpha value is -1.34. The van der Waals surface area contributed by atoms with Crippen LogP contribution in [0.2, 0.25) is 0 Å². The van der Waals surface area contributed by atoms with Gasteiger partial charge < -0.3 is 24.3 Å². The van der Waals surface area contributed by atoms with E-state index in [9.17, 15) is 9.59 Å². The van der Waals surface area contributed by atoms with Crippen molar-refractivity contribution in [3.63, 3.8) is 0 Å². The summed E-state index contributed by atoms with van der Waals surface area (Å²) in [6.45, 7) is 0.0731. The molecule has 0 saturated carbocycles. The van der Waals surface area contributed by atoms with Gasteiger partial charge in [-0.1, -0.05) is 0 Å². The number of ether oxygens (including phenoxy) is 4. The van der Waals surface area contributed by atoms with Crippen LogP contribution >= 0.6 is 0 Å². The van der Waals surface area contributed by atoms with Crippen molar-refractivity contribution in [3.05, 3.63) is 0 Å². The number of alkyl carbamates (subject to hydrolysis) is 1. The summed E-state index contributed by atoms with van der Waals surface area (Å²) in [4.78, 5) is 22.0. The summed E-state index contributed by atoms with van der Waals surface area (Å²) in [7, 11) is 5.42. The highest BCUT2D eigenvalue weighted by atomic mass is 16.7. The SMILES string of the molecule is COC(=O)CCC(CNC(=O)OC)(OC)OC. The topological polar surface area (TPSA) is 83.1 Å². The molecule has 0 radical (unpaired) electrons. The predicted molar refractivity (Wildman–Crippen MR) is 58.4 cm³/mol. The molecule has 0 aromatic carbocycles. The number of hydrogen-bond donors (Lipinski definition) is 1. The van der Waals surface area contributed by atoms with E-state index in [1.165, 1.54) is 28.4 Å². The van der Waals surface area contributed by atoms with Crippen LogP contribution in [0.1, 0.15) is 12.8 Å². The zero-order valence-electron chi connectivity index (χ0n) is 10.6. The molecule has 100 valence electrons. The molecule has 0 bridgehead atoms. The Balaban J connectivity index is 4.34. The first-order valence-electron chi connectivity index (χ1n) is 5.02. The Morgan fingerprint density at radius 1 is 1.06 bits per heavy atom. The van der Waals surface area contributed by atoms with E-state index in [1.807, 2.05) is 0 Å². The zero-order valence-corrected chi connectivity index (χ0v) is 10.6. The fourth-order valence-electron chi connectivity index (χ4n) is 1.19. The maximum absolute atomic E-state index is 11.0. The van der Waals surface area contributed by atoms with E-state index in [2.05, 4.69) is 14.8 Å². The molecule has 0 unspecified atom stereocenters. The van der Waals surface area contributed by atoms with Crippen molar-refractivity contribution >= 4 is 12.1 Å². The van der Waals surface area contributed by atoms with E-state index >= 15 is 0 Å². The lowest BCUT2D eigenvalue weighted by Gasteiger charge is -2.30. The van der Waals surface area contributed by atoms with Gasteiger partial charge in [0.1, 0.15) is 0 Å². The van der Waals surface area contributed by atoms with Crippen LogP contribution in [0.25, 0.3) is 0 Å². The molecule has 17 heavy (non-hydrogen) atoms. The van der Waals surface area contributed by atoms with E-state index in [0.29, 0.717) is 0 Å². The summed E-state index contributed by atoms with van der Waals surface area (Å²) in [5.41, 5.74) is 0. The first-order chi connectivity index (χ1) is 8.03. The summed E-state index contributed by atoms with van der Waals surface area (Å²) in [6.07, 6.45) is -0.209. The number of hydrogen-bond acceptors (Lipinski definition) is 6. The van der Waals surface area contributed by atoms with E-state index in [0.717, 1.165) is 0 Å². The number of carbonyl (C=O) groups is 2. The minimum Gasteiger partial charge on any atom is -0.469 e. The largest absolute Gasteiger partial charge is 0.469 e. The van der Waals surface area contributed by atoms with Gasteiger partial charge in [-0.05, 0) is 0 Å². The van der Waals surface area contributed by atoms with Crippen molar-refractivity contribution in [2.75, 3.05) is 35.0 Å². The van der Waals surface area contributed by atoms with Crippen molar-refractivity contribution in [2.45, 2.75) is 18.6 Å². The molecule has 1 amide bonds. The van der Waals surface area contributed by atoms with Crippen molar-refractivity contribution in [1.82, 2.24) is 5.32 Å². The third-order valence-corrected chi connectivity index (χ3v) is 2.37. The second kappa shape index (κ2) is 7.86. The maximum atomic E-state index is 11.0. The number of esters is 1. The van der Waals surface area contributed by atoms with Gasteiger partial charge in [-0.3, -0.25) is 4.79 Å². The van der Waals surface area contributed by atoms with Crippen LogP contribution in [0.4, 0.5) is 4.79 Å². The van der Waals surface area contributed by atoms with Crippen molar-refractivity contribution in [1.29, 1.82) is 0 Å². The van der Waals surface area contributed by atoms with Crippen LogP contribution in [0.5, 0.6) is 0 Å². The Morgan fingerprint density at radius 3 is 2.06 bits per heavy atom. The Morgan fingerprint density at radius 2 is 1.65 bits per heavy atom. The summed E-state index contributed by atoms with van der Waals surface area (Å²) in [6, 6.07) is 0. The van der Waals surface area contributed by atoms with Gasteiger partial charge in [-0.25, -0.2) is 4.79 Å². The third-order valence-electron chi connectivity index (χ3n) is 2.37. The van der Waals surface area contributed by atoms with Gasteiger partial charge in [-0.15, -0.1) is 0 Å². The molecular formula is C10H19NO6. The van der Waals surface area contributed by atoms with Crippen molar-refractivity contribution in [3.8, 4) is 0 Å². The lowest BCUT2D eigenvalue weighted by Crippen LogP contribution is -2.46. The molecule has 0 aliphatic heterocycles. The van der Waals surface area contributed by atoms with Gasteiger partial charge in [0.05, 0.1) is 27.2 Å². The zero-order chi connectivity index (χ0) is 13.3. The minimum absolute atomic E-state index is 0.0731. The lowest BCUT2D eigenvalue weighted by atomic mass is 10.1. The molecule has 0 aliphatic carbocycles. The number of methoxy groups -OCH3 is 4. The van der Waals surface area contributed by atoms with Crippen LogP contribution in [-0.4, -0.2) is 52.8 Å². The van der Waals surface area contributed by atoms with Gasteiger partial charge in [0, 0.05) is 20.6 Å². The van der Waals surface area contributed by atoms with E-state index in [-0.39, 0.29) is 25.4 Å². The molecule has 0 spiro atoms. The number of nitrogens with one attached hydrogen (secondary N) is 1. The molecule has 0 saturated heterocycles. The van der Waals surface area contributed by atoms with Gasteiger partial charge in [0.25, 0.3) is 0 Å². The smallest absolute Gasteiger partial charge is 0.407 e. The molecule has 0 aliphatic rings. The molecule has 0 fully saturated rings. The van der Waals surface area contributed by atoms with Crippen molar-refractivity contribution < 1.29 is 28.5 Å². The normalized spacial score (nSPS) is 10.8. The lowest BCUT2D eigenvalue weighted by molar-refractivity contribution is -0.208. The molecule has 0 rings (SSSR count). The summed E-state index contributed by atoms with van der Waals surface area (Å²) in [5, 5.41) is 2.45. The quantitative estimate of drug-likeness (QED) is 0.515. The molecule has 7 heteroatoms. The van der Waals surface area contributed by atoms with Crippen LogP contribution < -0.4 is 5.32 Å². The van der Waals surface area contributed by atoms with Gasteiger partial charge >= 0.3 is 12.1 Å². The number of carbonyl (C=O) groups excluding carboxylic acids is 2. The van der Waals surface area contributed by atoms with Crippen LogP contribution in [0, 0.1) is 0 Å². The molecular weight excluding hydrogens is 230 g/mol. The summed E-state index contributed by atoms with van der Waals surface area (Å²) in [5.74, 6) is -1.44. The van der Waals surface area contributed by atoms with E-state index < -0.39 is 11.9 Å². The second-order valence-electron chi connectivity index (χ2n) is 3.24. The molecule has 0 heterocycles. The van der Waals surface area contributed by atoms with Gasteiger partial charge in [0.15, 0.2) is 5.79 Å². The minimum atomic E-state index is -1.07. The summed E-state index contributed by atoms with van der Waals surface area (Å²) < 4.78 is 19.3. The third kappa shape index (κ3) is 5.50. The first-order valence-corrected chi connectivity index (χ1v) is 5.02. The number of rotatable bonds is 7. The van der Waals surface area contributed by atoms with Crippen LogP contribution in [-0.2, 0) is 23.7 Å². The van der Waals surface area contributed by atoms with Crippen molar-refractivity contribution in [2.24, 2.45) is 0 Å². The van der Waals surface area contributed by atoms with E-state index in [1.54, 1.807) is 0 Å². The standard InChI is InChI=1S/C10H19NO6/c1-14-8(12)5-6-10(16-3,17-4)7-11-9(13)15-2/h5-7H2,1-4H3,(H,11,13). The maximum Gasteiger partial charge on any atom is 0.407 e.